The van der Waals surface area contributed by atoms with Crippen LogP contribution in [0.5, 0.6) is 0 Å². The largest absolute Gasteiger partial charge is 0.343 e. The molecule has 2 heterocycles. The Morgan fingerprint density at radius 1 is 1.06 bits per heavy atom. The summed E-state index contributed by atoms with van der Waals surface area (Å²) in [6.07, 6.45) is 4.05. The molecule has 0 aromatic heterocycles. The van der Waals surface area contributed by atoms with Gasteiger partial charge in [-0.15, -0.1) is 6.58 Å². The minimum atomic E-state index is -1.27. The lowest BCUT2D eigenvalue weighted by atomic mass is 9.98. The first-order valence-corrected chi connectivity index (χ1v) is 11.1. The van der Waals surface area contributed by atoms with Crippen molar-refractivity contribution in [1.82, 2.24) is 20.9 Å². The Bertz CT molecular complexity index is 883. The molecule has 1 aromatic carbocycles. The van der Waals surface area contributed by atoms with Crippen LogP contribution in [0.4, 0.5) is 0 Å². The summed E-state index contributed by atoms with van der Waals surface area (Å²) in [5.41, 5.74) is -0.377. The topological polar surface area (TPSA) is 108 Å². The third kappa shape index (κ3) is 5.36. The van der Waals surface area contributed by atoms with E-state index >= 15 is 0 Å². The number of amides is 4. The van der Waals surface area contributed by atoms with Crippen molar-refractivity contribution in [2.75, 3.05) is 6.54 Å². The minimum Gasteiger partial charge on any atom is -0.343 e. The second-order valence-corrected chi connectivity index (χ2v) is 8.95. The zero-order valence-electron chi connectivity index (χ0n) is 18.7. The highest BCUT2D eigenvalue weighted by molar-refractivity contribution is 5.99. The molecule has 3 atom stereocenters. The quantitative estimate of drug-likeness (QED) is 0.595. The van der Waals surface area contributed by atoms with E-state index in [1.54, 1.807) is 24.8 Å². The van der Waals surface area contributed by atoms with E-state index in [1.807, 2.05) is 30.3 Å². The fourth-order valence-corrected chi connectivity index (χ4v) is 4.16. The van der Waals surface area contributed by atoms with Gasteiger partial charge < -0.3 is 20.9 Å². The zero-order chi connectivity index (χ0) is 23.3. The van der Waals surface area contributed by atoms with Crippen molar-refractivity contribution in [3.8, 4) is 0 Å². The molecule has 0 saturated carbocycles. The molecule has 2 aliphatic heterocycles. The summed E-state index contributed by atoms with van der Waals surface area (Å²) in [5.74, 6) is -1.52. The molecule has 1 aromatic rings. The van der Waals surface area contributed by atoms with Crippen molar-refractivity contribution < 1.29 is 19.2 Å². The average Bonchev–Trinajstić information content (AvgIpc) is 3.25. The van der Waals surface area contributed by atoms with Gasteiger partial charge in [-0.05, 0) is 45.1 Å². The van der Waals surface area contributed by atoms with Crippen LogP contribution in [0, 0.1) is 0 Å². The summed E-state index contributed by atoms with van der Waals surface area (Å²) >= 11 is 0. The molecule has 0 aliphatic carbocycles. The van der Waals surface area contributed by atoms with E-state index in [2.05, 4.69) is 22.5 Å². The SMILES string of the molecule is C=CCCC1NC(=O)C2CCCN2C(=O)C(Cc2ccccc2)NC(=O)C(C)(C)NC1=O. The summed E-state index contributed by atoms with van der Waals surface area (Å²) in [6.45, 7) is 7.28. The van der Waals surface area contributed by atoms with Crippen LogP contribution in [0.25, 0.3) is 0 Å². The Morgan fingerprint density at radius 3 is 2.47 bits per heavy atom. The Morgan fingerprint density at radius 2 is 1.78 bits per heavy atom. The molecule has 3 rings (SSSR count). The number of fused-ring (bicyclic) bond motifs is 1. The Balaban J connectivity index is 1.94. The van der Waals surface area contributed by atoms with Gasteiger partial charge in [-0.2, -0.15) is 0 Å². The highest BCUT2D eigenvalue weighted by Gasteiger charge is 2.42. The lowest BCUT2D eigenvalue weighted by Gasteiger charge is -2.34. The van der Waals surface area contributed by atoms with Gasteiger partial charge in [-0.25, -0.2) is 0 Å². The van der Waals surface area contributed by atoms with Crippen LogP contribution in [-0.4, -0.2) is 58.7 Å². The fourth-order valence-electron chi connectivity index (χ4n) is 4.16. The molecular formula is C24H32N4O4. The molecule has 172 valence electrons. The van der Waals surface area contributed by atoms with Gasteiger partial charge in [0.25, 0.3) is 0 Å². The van der Waals surface area contributed by atoms with Crippen molar-refractivity contribution >= 4 is 23.6 Å². The van der Waals surface area contributed by atoms with Gasteiger partial charge in [-0.1, -0.05) is 36.4 Å². The highest BCUT2D eigenvalue weighted by atomic mass is 16.2. The maximum absolute atomic E-state index is 13.5. The fraction of sp³-hybridized carbons (Fsp3) is 0.500. The number of allylic oxidation sites excluding steroid dienone is 1. The molecule has 0 spiro atoms. The molecule has 8 nitrogen and oxygen atoms in total. The number of rotatable bonds is 5. The van der Waals surface area contributed by atoms with Crippen molar-refractivity contribution in [2.24, 2.45) is 0 Å². The molecule has 3 unspecified atom stereocenters. The standard InChI is InChI=1S/C24H32N4O4/c1-4-5-12-17-20(29)27-24(2,3)23(32)26-18(15-16-10-7-6-8-11-16)22(31)28-14-9-13-19(28)21(30)25-17/h4,6-8,10-11,17-19H,1,5,9,12-15H2,2-3H3,(H,25,30)(H,26,32)(H,27,29). The van der Waals surface area contributed by atoms with E-state index in [9.17, 15) is 19.2 Å². The Hall–Kier alpha value is -3.16. The van der Waals surface area contributed by atoms with Crippen molar-refractivity contribution in [1.29, 1.82) is 0 Å². The smallest absolute Gasteiger partial charge is 0.246 e. The zero-order valence-corrected chi connectivity index (χ0v) is 18.7. The number of benzene rings is 1. The van der Waals surface area contributed by atoms with Crippen LogP contribution in [0.15, 0.2) is 43.0 Å². The third-order valence-electron chi connectivity index (χ3n) is 6.02. The molecule has 2 aliphatic rings. The molecule has 2 saturated heterocycles. The van der Waals surface area contributed by atoms with E-state index in [0.29, 0.717) is 38.6 Å². The number of nitrogens with zero attached hydrogens (tertiary/aromatic N) is 1. The second kappa shape index (κ2) is 9.97. The van der Waals surface area contributed by atoms with Crippen molar-refractivity contribution in [3.63, 3.8) is 0 Å². The maximum atomic E-state index is 13.5. The molecule has 0 bridgehead atoms. The Labute approximate surface area is 188 Å². The van der Waals surface area contributed by atoms with Crippen molar-refractivity contribution in [3.05, 3.63) is 48.6 Å². The summed E-state index contributed by atoms with van der Waals surface area (Å²) in [7, 11) is 0. The minimum absolute atomic E-state index is 0.287. The predicted octanol–water partition coefficient (Wildman–Crippen LogP) is 1.06. The highest BCUT2D eigenvalue weighted by Crippen LogP contribution is 2.21. The van der Waals surface area contributed by atoms with Gasteiger partial charge in [0.2, 0.25) is 23.6 Å². The molecule has 0 radical (unpaired) electrons. The number of carbonyl (C=O) groups is 4. The first-order chi connectivity index (χ1) is 15.2. The summed E-state index contributed by atoms with van der Waals surface area (Å²) < 4.78 is 0. The number of carbonyl (C=O) groups excluding carboxylic acids is 4. The van der Waals surface area contributed by atoms with Crippen LogP contribution >= 0.6 is 0 Å². The molecule has 4 amide bonds. The van der Waals surface area contributed by atoms with Gasteiger partial charge in [0.1, 0.15) is 23.7 Å². The summed E-state index contributed by atoms with van der Waals surface area (Å²) in [5, 5.41) is 8.38. The number of hydrogen-bond donors (Lipinski definition) is 3. The number of nitrogens with one attached hydrogen (secondary N) is 3. The van der Waals surface area contributed by atoms with Crippen molar-refractivity contribution in [2.45, 2.75) is 69.6 Å². The van der Waals surface area contributed by atoms with Gasteiger partial charge >= 0.3 is 0 Å². The lowest BCUT2D eigenvalue weighted by Crippen LogP contribution is -2.64. The molecule has 3 N–H and O–H groups in total. The van der Waals surface area contributed by atoms with E-state index in [1.165, 1.54) is 0 Å². The second-order valence-electron chi connectivity index (χ2n) is 8.95. The van der Waals surface area contributed by atoms with E-state index in [-0.39, 0.29) is 11.8 Å². The molecule has 32 heavy (non-hydrogen) atoms. The lowest BCUT2D eigenvalue weighted by molar-refractivity contribution is -0.144. The molecule has 8 heteroatoms. The maximum Gasteiger partial charge on any atom is 0.246 e. The van der Waals surface area contributed by atoms with Crippen LogP contribution in [0.1, 0.15) is 45.1 Å². The van der Waals surface area contributed by atoms with E-state index in [4.69, 9.17) is 0 Å². The van der Waals surface area contributed by atoms with Crippen LogP contribution in [0.2, 0.25) is 0 Å². The molecular weight excluding hydrogens is 408 g/mol. The summed E-state index contributed by atoms with van der Waals surface area (Å²) in [6, 6.07) is 7.08. The number of hydrogen-bond acceptors (Lipinski definition) is 4. The monoisotopic (exact) mass is 440 g/mol. The van der Waals surface area contributed by atoms with E-state index < -0.39 is 35.5 Å². The molecule has 2 fully saturated rings. The Kier molecular flexibility index (Phi) is 7.33. The summed E-state index contributed by atoms with van der Waals surface area (Å²) in [4.78, 5) is 54.2. The predicted molar refractivity (Wildman–Crippen MR) is 120 cm³/mol. The van der Waals surface area contributed by atoms with Crippen LogP contribution in [-0.2, 0) is 25.6 Å². The van der Waals surface area contributed by atoms with Gasteiger partial charge in [0.15, 0.2) is 0 Å². The third-order valence-corrected chi connectivity index (χ3v) is 6.02. The van der Waals surface area contributed by atoms with Gasteiger partial charge in [0, 0.05) is 13.0 Å². The van der Waals surface area contributed by atoms with Crippen LogP contribution < -0.4 is 16.0 Å². The first kappa shape index (κ1) is 23.5. The van der Waals surface area contributed by atoms with Crippen LogP contribution in [0.3, 0.4) is 0 Å². The van der Waals surface area contributed by atoms with Gasteiger partial charge in [-0.3, -0.25) is 19.2 Å². The van der Waals surface area contributed by atoms with E-state index in [0.717, 1.165) is 5.56 Å². The normalized spacial score (nSPS) is 26.2. The van der Waals surface area contributed by atoms with Gasteiger partial charge in [0.05, 0.1) is 0 Å². The first-order valence-electron chi connectivity index (χ1n) is 11.1. The average molecular weight is 441 g/mol.